The Bertz CT molecular complexity index is 1410. The van der Waals surface area contributed by atoms with Gasteiger partial charge in [-0.25, -0.2) is 13.4 Å². The smallest absolute Gasteiger partial charge is 0.296 e. The Labute approximate surface area is 204 Å². The highest BCUT2D eigenvalue weighted by Gasteiger charge is 2.34. The van der Waals surface area contributed by atoms with Gasteiger partial charge in [0.25, 0.3) is 11.5 Å². The monoisotopic (exact) mass is 527 g/mol. The highest BCUT2D eigenvalue weighted by Crippen LogP contribution is 2.32. The summed E-state index contributed by atoms with van der Waals surface area (Å²) in [4.78, 5) is 29.5. The fourth-order valence-electron chi connectivity index (χ4n) is 3.74. The number of carbonyl (C=O) groups is 1. The molecule has 3 aromatic rings. The van der Waals surface area contributed by atoms with Crippen molar-refractivity contribution < 1.29 is 22.8 Å². The minimum absolute atomic E-state index is 0.0103. The van der Waals surface area contributed by atoms with Crippen LogP contribution in [0.2, 0.25) is 10.0 Å². The van der Waals surface area contributed by atoms with Gasteiger partial charge in [0.05, 0.1) is 21.1 Å². The summed E-state index contributed by atoms with van der Waals surface area (Å²) in [7, 11) is -2.50. The van der Waals surface area contributed by atoms with Crippen LogP contribution in [0, 0.1) is 0 Å². The SMILES string of the molecule is Cn1c(C2CCCN(S(=O)(=O)c3ccc(Cl)c(Cl)c3)C2)nc(C(=O)Nc2cnoc2)c(O)c1=O. The third-order valence-corrected chi connectivity index (χ3v) is 8.09. The molecule has 1 amide bonds. The maximum atomic E-state index is 13.2. The first-order valence-electron chi connectivity index (χ1n) is 10.1. The van der Waals surface area contributed by atoms with Crippen molar-refractivity contribution in [2.24, 2.45) is 7.05 Å². The normalized spacial score (nSPS) is 17.0. The molecule has 0 bridgehead atoms. The largest absolute Gasteiger partial charge is 0.501 e. The maximum absolute atomic E-state index is 13.2. The molecule has 1 aliphatic heterocycles. The molecule has 0 aliphatic carbocycles. The lowest BCUT2D eigenvalue weighted by Crippen LogP contribution is -2.41. The second-order valence-electron chi connectivity index (χ2n) is 7.68. The highest BCUT2D eigenvalue weighted by atomic mass is 35.5. The molecule has 1 atom stereocenters. The summed E-state index contributed by atoms with van der Waals surface area (Å²) in [5, 5.41) is 16.5. The minimum atomic E-state index is -3.91. The van der Waals surface area contributed by atoms with Crippen molar-refractivity contribution in [2.75, 3.05) is 18.4 Å². The molecular weight excluding hydrogens is 509 g/mol. The first kappa shape index (κ1) is 24.2. The van der Waals surface area contributed by atoms with E-state index >= 15 is 0 Å². The Morgan fingerprint density at radius 3 is 2.74 bits per heavy atom. The summed E-state index contributed by atoms with van der Waals surface area (Å²) in [6.45, 7) is 0.270. The number of aromatic hydroxyl groups is 1. The van der Waals surface area contributed by atoms with Crippen molar-refractivity contribution in [3.05, 3.63) is 62.6 Å². The predicted octanol–water partition coefficient (Wildman–Crippen LogP) is 2.60. The van der Waals surface area contributed by atoms with Gasteiger partial charge in [0.2, 0.25) is 15.8 Å². The molecule has 2 aromatic heterocycles. The van der Waals surface area contributed by atoms with Crippen molar-refractivity contribution in [3.63, 3.8) is 0 Å². The number of hydrogen-bond donors (Lipinski definition) is 2. The number of sulfonamides is 1. The number of amides is 1. The number of benzene rings is 1. The van der Waals surface area contributed by atoms with Crippen molar-refractivity contribution in [3.8, 4) is 5.75 Å². The van der Waals surface area contributed by atoms with Crippen LogP contribution in [0.3, 0.4) is 0 Å². The van der Waals surface area contributed by atoms with Crippen molar-refractivity contribution in [1.29, 1.82) is 0 Å². The minimum Gasteiger partial charge on any atom is -0.501 e. The Morgan fingerprint density at radius 2 is 2.06 bits per heavy atom. The number of aromatic nitrogens is 3. The lowest BCUT2D eigenvalue weighted by Gasteiger charge is -2.32. The van der Waals surface area contributed by atoms with Gasteiger partial charge < -0.3 is 14.9 Å². The zero-order valence-electron chi connectivity index (χ0n) is 17.7. The summed E-state index contributed by atoms with van der Waals surface area (Å²) >= 11 is 11.9. The standard InChI is InChI=1S/C20H19Cl2N5O6S/c1-26-18(25-16(17(28)20(26)30)19(29)24-12-8-23-33-10-12)11-3-2-6-27(9-11)34(31,32)13-4-5-14(21)15(22)7-13/h4-5,7-8,10-11,28H,2-3,6,9H2,1H3,(H,24,29). The first-order valence-corrected chi connectivity index (χ1v) is 12.2. The van der Waals surface area contributed by atoms with Gasteiger partial charge in [-0.1, -0.05) is 28.4 Å². The van der Waals surface area contributed by atoms with Gasteiger partial charge in [-0.3, -0.25) is 14.2 Å². The Morgan fingerprint density at radius 1 is 1.29 bits per heavy atom. The number of hydrogen-bond acceptors (Lipinski definition) is 8. The van der Waals surface area contributed by atoms with E-state index in [1.807, 2.05) is 0 Å². The summed E-state index contributed by atoms with van der Waals surface area (Å²) in [6.07, 6.45) is 3.42. The summed E-state index contributed by atoms with van der Waals surface area (Å²) < 4.78 is 33.4. The molecule has 1 aromatic carbocycles. The van der Waals surface area contributed by atoms with Crippen molar-refractivity contribution in [2.45, 2.75) is 23.7 Å². The van der Waals surface area contributed by atoms with Crippen LogP contribution >= 0.6 is 23.2 Å². The zero-order valence-corrected chi connectivity index (χ0v) is 20.1. The van der Waals surface area contributed by atoms with E-state index in [2.05, 4.69) is 20.0 Å². The molecule has 0 radical (unpaired) electrons. The fraction of sp³-hybridized carbons (Fsp3) is 0.300. The molecule has 1 saturated heterocycles. The lowest BCUT2D eigenvalue weighted by atomic mass is 9.98. The van der Waals surface area contributed by atoms with Gasteiger partial charge in [-0.2, -0.15) is 4.31 Å². The number of carbonyl (C=O) groups excluding carboxylic acids is 1. The van der Waals surface area contributed by atoms with Gasteiger partial charge in [-0.05, 0) is 31.0 Å². The van der Waals surface area contributed by atoms with E-state index in [0.717, 1.165) is 4.57 Å². The zero-order chi connectivity index (χ0) is 24.6. The van der Waals surface area contributed by atoms with Crippen LogP contribution in [0.1, 0.15) is 35.1 Å². The molecule has 0 spiro atoms. The van der Waals surface area contributed by atoms with Gasteiger partial charge in [0.15, 0.2) is 5.69 Å². The van der Waals surface area contributed by atoms with Crippen LogP contribution in [0.25, 0.3) is 0 Å². The molecule has 4 rings (SSSR count). The summed E-state index contributed by atoms with van der Waals surface area (Å²) in [6, 6.07) is 4.06. The summed E-state index contributed by atoms with van der Waals surface area (Å²) in [5.74, 6) is -1.99. The van der Waals surface area contributed by atoms with E-state index in [9.17, 15) is 23.1 Å². The van der Waals surface area contributed by atoms with Gasteiger partial charge in [-0.15, -0.1) is 0 Å². The molecule has 11 nitrogen and oxygen atoms in total. The number of nitrogens with zero attached hydrogens (tertiary/aromatic N) is 4. The lowest BCUT2D eigenvalue weighted by molar-refractivity contribution is 0.101. The Hall–Kier alpha value is -2.93. The van der Waals surface area contributed by atoms with E-state index < -0.39 is 38.9 Å². The number of rotatable bonds is 5. The van der Waals surface area contributed by atoms with E-state index in [4.69, 9.17) is 23.2 Å². The second kappa shape index (κ2) is 9.37. The molecular formula is C20H19Cl2N5O6S. The number of nitrogens with one attached hydrogen (secondary N) is 1. The van der Waals surface area contributed by atoms with Crippen LogP contribution in [0.15, 0.2) is 44.9 Å². The van der Waals surface area contributed by atoms with Crippen molar-refractivity contribution in [1.82, 2.24) is 19.0 Å². The molecule has 1 aliphatic rings. The first-order chi connectivity index (χ1) is 16.1. The third kappa shape index (κ3) is 4.53. The van der Waals surface area contributed by atoms with Gasteiger partial charge in [0.1, 0.15) is 17.8 Å². The second-order valence-corrected chi connectivity index (χ2v) is 10.4. The average Bonchev–Trinajstić information content (AvgIpc) is 3.32. The van der Waals surface area contributed by atoms with Crippen LogP contribution < -0.4 is 10.9 Å². The third-order valence-electron chi connectivity index (χ3n) is 5.48. The molecule has 1 unspecified atom stereocenters. The average molecular weight is 528 g/mol. The van der Waals surface area contributed by atoms with E-state index in [1.165, 1.54) is 42.0 Å². The molecule has 1 fully saturated rings. The maximum Gasteiger partial charge on any atom is 0.296 e. The van der Waals surface area contributed by atoms with Crippen LogP contribution in [0.4, 0.5) is 5.69 Å². The van der Waals surface area contributed by atoms with Crippen LogP contribution in [0.5, 0.6) is 5.75 Å². The van der Waals surface area contributed by atoms with Crippen molar-refractivity contribution >= 4 is 44.8 Å². The van der Waals surface area contributed by atoms with Gasteiger partial charge >= 0.3 is 0 Å². The molecule has 0 saturated carbocycles. The van der Waals surface area contributed by atoms with E-state index in [0.29, 0.717) is 12.8 Å². The van der Waals surface area contributed by atoms with Crippen LogP contribution in [-0.4, -0.2) is 51.5 Å². The number of anilines is 1. The van der Waals surface area contributed by atoms with Gasteiger partial charge in [0, 0.05) is 26.1 Å². The molecule has 3 heterocycles. The highest BCUT2D eigenvalue weighted by molar-refractivity contribution is 7.89. The number of piperidine rings is 1. The van der Waals surface area contributed by atoms with Crippen LogP contribution in [-0.2, 0) is 17.1 Å². The number of halogens is 2. The topological polar surface area (TPSA) is 148 Å². The van der Waals surface area contributed by atoms with E-state index in [1.54, 1.807) is 0 Å². The molecule has 34 heavy (non-hydrogen) atoms. The molecule has 180 valence electrons. The fourth-order valence-corrected chi connectivity index (χ4v) is 5.66. The molecule has 14 heteroatoms. The quantitative estimate of drug-likeness (QED) is 0.514. The predicted molar refractivity (Wildman–Crippen MR) is 123 cm³/mol. The Balaban J connectivity index is 1.66. The summed E-state index contributed by atoms with van der Waals surface area (Å²) in [5.41, 5.74) is -1.10. The Kier molecular flexibility index (Phi) is 6.67. The molecule has 2 N–H and O–H groups in total. The van der Waals surface area contributed by atoms with E-state index in [-0.39, 0.29) is 39.5 Å².